The number of pyridine rings is 1. The molecular formula is C14H16ClNO2. The highest BCUT2D eigenvalue weighted by Crippen LogP contribution is 2.13. The third-order valence-corrected chi connectivity index (χ3v) is 2.56. The first-order valence-corrected chi connectivity index (χ1v) is 5.83. The van der Waals surface area contributed by atoms with Crippen LogP contribution in [0.3, 0.4) is 0 Å². The fraction of sp³-hybridized carbons (Fsp3) is 0.286. The maximum atomic E-state index is 11.7. The molecule has 4 heteroatoms. The molecule has 0 bridgehead atoms. The number of nitrogens with zero attached hydrogens (tertiary/aromatic N) is 1. The highest BCUT2D eigenvalue weighted by molar-refractivity contribution is 5.93. The SMILES string of the molecule is CCCCOC(=O)c1cnc2ccccc2c1.Cl. The number of hydrogen-bond donors (Lipinski definition) is 0. The normalized spacial score (nSPS) is 9.83. The van der Waals surface area contributed by atoms with Gasteiger partial charge in [-0.3, -0.25) is 4.98 Å². The molecule has 0 unspecified atom stereocenters. The Hall–Kier alpha value is -1.61. The molecule has 0 atom stereocenters. The number of rotatable bonds is 4. The van der Waals surface area contributed by atoms with Gasteiger partial charge in [-0.15, -0.1) is 12.4 Å². The van der Waals surface area contributed by atoms with Gasteiger partial charge in [0.1, 0.15) is 0 Å². The molecule has 0 aliphatic carbocycles. The smallest absolute Gasteiger partial charge is 0.339 e. The summed E-state index contributed by atoms with van der Waals surface area (Å²) in [6, 6.07) is 9.52. The van der Waals surface area contributed by atoms with E-state index in [1.807, 2.05) is 30.3 Å². The van der Waals surface area contributed by atoms with Gasteiger partial charge in [0.15, 0.2) is 0 Å². The third-order valence-electron chi connectivity index (χ3n) is 2.56. The first kappa shape index (κ1) is 14.5. The molecule has 18 heavy (non-hydrogen) atoms. The molecule has 0 spiro atoms. The Morgan fingerprint density at radius 3 is 2.89 bits per heavy atom. The van der Waals surface area contributed by atoms with Gasteiger partial charge in [-0.05, 0) is 18.6 Å². The number of hydrogen-bond acceptors (Lipinski definition) is 3. The zero-order chi connectivity index (χ0) is 12.1. The zero-order valence-corrected chi connectivity index (χ0v) is 11.1. The highest BCUT2D eigenvalue weighted by Gasteiger charge is 2.07. The first-order chi connectivity index (χ1) is 8.31. The molecule has 0 saturated carbocycles. The van der Waals surface area contributed by atoms with Gasteiger partial charge in [-0.2, -0.15) is 0 Å². The molecule has 1 aromatic carbocycles. The summed E-state index contributed by atoms with van der Waals surface area (Å²) in [5.74, 6) is -0.295. The van der Waals surface area contributed by atoms with E-state index >= 15 is 0 Å². The van der Waals surface area contributed by atoms with Gasteiger partial charge in [0.2, 0.25) is 0 Å². The number of para-hydroxylation sites is 1. The predicted octanol–water partition coefficient (Wildman–Crippen LogP) is 3.61. The molecular weight excluding hydrogens is 250 g/mol. The van der Waals surface area contributed by atoms with Crippen LogP contribution in [0, 0.1) is 0 Å². The number of carbonyl (C=O) groups is 1. The van der Waals surface area contributed by atoms with Crippen LogP contribution in [0.2, 0.25) is 0 Å². The topological polar surface area (TPSA) is 39.2 Å². The van der Waals surface area contributed by atoms with Crippen LogP contribution in [0.15, 0.2) is 36.5 Å². The summed E-state index contributed by atoms with van der Waals surface area (Å²) in [5, 5.41) is 0.956. The Morgan fingerprint density at radius 2 is 2.11 bits per heavy atom. The van der Waals surface area contributed by atoms with Crippen LogP contribution < -0.4 is 0 Å². The lowest BCUT2D eigenvalue weighted by molar-refractivity contribution is 0.0499. The van der Waals surface area contributed by atoms with E-state index < -0.39 is 0 Å². The first-order valence-electron chi connectivity index (χ1n) is 5.83. The summed E-state index contributed by atoms with van der Waals surface area (Å²) in [6.45, 7) is 2.54. The van der Waals surface area contributed by atoms with Gasteiger partial charge in [-0.1, -0.05) is 31.5 Å². The van der Waals surface area contributed by atoms with E-state index in [0.29, 0.717) is 12.2 Å². The van der Waals surface area contributed by atoms with Crippen molar-refractivity contribution in [3.8, 4) is 0 Å². The Kier molecular flexibility index (Phi) is 5.59. The highest BCUT2D eigenvalue weighted by atomic mass is 35.5. The molecule has 0 N–H and O–H groups in total. The van der Waals surface area contributed by atoms with E-state index in [0.717, 1.165) is 23.7 Å². The maximum absolute atomic E-state index is 11.7. The zero-order valence-electron chi connectivity index (χ0n) is 10.3. The number of fused-ring (bicyclic) bond motifs is 1. The van der Waals surface area contributed by atoms with Crippen molar-refractivity contribution < 1.29 is 9.53 Å². The van der Waals surface area contributed by atoms with Crippen LogP contribution in [0.4, 0.5) is 0 Å². The molecule has 96 valence electrons. The van der Waals surface area contributed by atoms with Crippen LogP contribution in [-0.2, 0) is 4.74 Å². The second-order valence-corrected chi connectivity index (χ2v) is 3.91. The Labute approximate surface area is 113 Å². The van der Waals surface area contributed by atoms with Crippen molar-refractivity contribution >= 4 is 29.3 Å². The molecule has 0 fully saturated rings. The van der Waals surface area contributed by atoms with Gasteiger partial charge in [0, 0.05) is 11.6 Å². The molecule has 3 nitrogen and oxygen atoms in total. The van der Waals surface area contributed by atoms with Gasteiger partial charge in [-0.25, -0.2) is 4.79 Å². The number of benzene rings is 1. The maximum Gasteiger partial charge on any atom is 0.339 e. The van der Waals surface area contributed by atoms with E-state index in [9.17, 15) is 4.79 Å². The van der Waals surface area contributed by atoms with Gasteiger partial charge < -0.3 is 4.74 Å². The van der Waals surface area contributed by atoms with Crippen molar-refractivity contribution in [2.45, 2.75) is 19.8 Å². The minimum absolute atomic E-state index is 0. The van der Waals surface area contributed by atoms with E-state index in [-0.39, 0.29) is 18.4 Å². The standard InChI is InChI=1S/C14H15NO2.ClH/c1-2-3-8-17-14(16)12-9-11-6-4-5-7-13(11)15-10-12;/h4-7,9-10H,2-3,8H2,1H3;1H. The van der Waals surface area contributed by atoms with Crippen molar-refractivity contribution in [2.75, 3.05) is 6.61 Å². The summed E-state index contributed by atoms with van der Waals surface area (Å²) in [7, 11) is 0. The minimum Gasteiger partial charge on any atom is -0.462 e. The lowest BCUT2D eigenvalue weighted by Gasteiger charge is -2.04. The minimum atomic E-state index is -0.295. The van der Waals surface area contributed by atoms with E-state index in [1.165, 1.54) is 0 Å². The molecule has 0 amide bonds. The van der Waals surface area contributed by atoms with Crippen LogP contribution in [0.5, 0.6) is 0 Å². The summed E-state index contributed by atoms with van der Waals surface area (Å²) < 4.78 is 5.14. The molecule has 1 aromatic heterocycles. The van der Waals surface area contributed by atoms with Gasteiger partial charge in [0.05, 0.1) is 17.7 Å². The quantitative estimate of drug-likeness (QED) is 0.626. The van der Waals surface area contributed by atoms with Crippen LogP contribution in [0.1, 0.15) is 30.1 Å². The average Bonchev–Trinajstić information content (AvgIpc) is 2.38. The Morgan fingerprint density at radius 1 is 1.33 bits per heavy atom. The van der Waals surface area contributed by atoms with Crippen molar-refractivity contribution in [3.63, 3.8) is 0 Å². The fourth-order valence-corrected chi connectivity index (χ4v) is 1.58. The van der Waals surface area contributed by atoms with E-state index in [2.05, 4.69) is 11.9 Å². The number of esters is 1. The summed E-state index contributed by atoms with van der Waals surface area (Å²) >= 11 is 0. The average molecular weight is 266 g/mol. The number of aromatic nitrogens is 1. The predicted molar refractivity (Wildman–Crippen MR) is 74.2 cm³/mol. The fourth-order valence-electron chi connectivity index (χ4n) is 1.58. The number of ether oxygens (including phenoxy) is 1. The van der Waals surface area contributed by atoms with Crippen LogP contribution in [0.25, 0.3) is 10.9 Å². The molecule has 0 radical (unpaired) electrons. The Balaban J connectivity index is 0.00000162. The molecule has 2 rings (SSSR count). The van der Waals surface area contributed by atoms with Crippen molar-refractivity contribution in [1.29, 1.82) is 0 Å². The number of carbonyl (C=O) groups excluding carboxylic acids is 1. The third kappa shape index (κ3) is 3.44. The number of unbranched alkanes of at least 4 members (excludes halogenated alkanes) is 1. The van der Waals surface area contributed by atoms with E-state index in [1.54, 1.807) is 6.20 Å². The Bertz CT molecular complexity index is 528. The van der Waals surface area contributed by atoms with Gasteiger partial charge >= 0.3 is 5.97 Å². The van der Waals surface area contributed by atoms with Crippen LogP contribution >= 0.6 is 12.4 Å². The molecule has 0 saturated heterocycles. The molecule has 1 heterocycles. The lowest BCUT2D eigenvalue weighted by atomic mass is 10.1. The summed E-state index contributed by atoms with van der Waals surface area (Å²) in [4.78, 5) is 15.9. The monoisotopic (exact) mass is 265 g/mol. The number of halogens is 1. The largest absolute Gasteiger partial charge is 0.462 e. The summed E-state index contributed by atoms with van der Waals surface area (Å²) in [5.41, 5.74) is 1.40. The molecule has 2 aromatic rings. The summed E-state index contributed by atoms with van der Waals surface area (Å²) in [6.07, 6.45) is 3.48. The lowest BCUT2D eigenvalue weighted by Crippen LogP contribution is -2.06. The van der Waals surface area contributed by atoms with Crippen molar-refractivity contribution in [3.05, 3.63) is 42.1 Å². The second kappa shape index (κ2) is 6.97. The van der Waals surface area contributed by atoms with Crippen molar-refractivity contribution in [2.24, 2.45) is 0 Å². The van der Waals surface area contributed by atoms with Gasteiger partial charge in [0.25, 0.3) is 0 Å². The second-order valence-electron chi connectivity index (χ2n) is 3.91. The molecule has 0 aliphatic rings. The van der Waals surface area contributed by atoms with Crippen LogP contribution in [-0.4, -0.2) is 17.6 Å². The van der Waals surface area contributed by atoms with E-state index in [4.69, 9.17) is 4.74 Å². The van der Waals surface area contributed by atoms with Crippen molar-refractivity contribution in [1.82, 2.24) is 4.98 Å². The molecule has 0 aliphatic heterocycles.